The van der Waals surface area contributed by atoms with Gasteiger partial charge in [0.2, 0.25) is 0 Å². The minimum atomic E-state index is 0.837. The summed E-state index contributed by atoms with van der Waals surface area (Å²) in [6.45, 7) is 2.93. The predicted octanol–water partition coefficient (Wildman–Crippen LogP) is 1.00. The molecule has 2 heteroatoms. The van der Waals surface area contributed by atoms with E-state index in [0.717, 1.165) is 13.0 Å². The van der Waals surface area contributed by atoms with Gasteiger partial charge in [0.05, 0.1) is 0 Å². The van der Waals surface area contributed by atoms with E-state index < -0.39 is 0 Å². The van der Waals surface area contributed by atoms with E-state index in [2.05, 4.69) is 36.6 Å². The Morgan fingerprint density at radius 1 is 1.45 bits per heavy atom. The average Bonchev–Trinajstić information content (AvgIpc) is 2.01. The standard InChI is InChI=1S/C9H14N2/c1-8-3-2-4-9(7-8)5-6-11-10/h2-4,7,11H,5-6,10H2,1H3. The molecule has 0 atom stereocenters. The Morgan fingerprint density at radius 2 is 2.27 bits per heavy atom. The third kappa shape index (κ3) is 2.70. The molecule has 0 aliphatic carbocycles. The summed E-state index contributed by atoms with van der Waals surface area (Å²) in [5, 5.41) is 0. The molecule has 1 aromatic carbocycles. The molecule has 0 fully saturated rings. The maximum atomic E-state index is 5.16. The summed E-state index contributed by atoms with van der Waals surface area (Å²) in [6, 6.07) is 8.46. The van der Waals surface area contributed by atoms with Gasteiger partial charge in [-0.3, -0.25) is 11.3 Å². The predicted molar refractivity (Wildman–Crippen MR) is 47.1 cm³/mol. The molecule has 0 saturated carbocycles. The van der Waals surface area contributed by atoms with Crippen LogP contribution in [0, 0.1) is 6.92 Å². The smallest absolute Gasteiger partial charge is 0.0138 e. The molecule has 0 bridgehead atoms. The van der Waals surface area contributed by atoms with Crippen LogP contribution in [-0.4, -0.2) is 6.54 Å². The lowest BCUT2D eigenvalue weighted by molar-refractivity contribution is 0.728. The van der Waals surface area contributed by atoms with Crippen LogP contribution >= 0.6 is 0 Å². The fourth-order valence-corrected chi connectivity index (χ4v) is 1.08. The third-order valence-corrected chi connectivity index (χ3v) is 1.64. The molecule has 0 aromatic heterocycles. The van der Waals surface area contributed by atoms with E-state index in [-0.39, 0.29) is 0 Å². The van der Waals surface area contributed by atoms with E-state index >= 15 is 0 Å². The van der Waals surface area contributed by atoms with Gasteiger partial charge in [0.15, 0.2) is 0 Å². The normalized spacial score (nSPS) is 10.0. The highest BCUT2D eigenvalue weighted by Gasteiger charge is 1.90. The fraction of sp³-hybridized carbons (Fsp3) is 0.333. The molecule has 11 heavy (non-hydrogen) atoms. The van der Waals surface area contributed by atoms with Gasteiger partial charge in [-0.15, -0.1) is 0 Å². The van der Waals surface area contributed by atoms with E-state index in [1.165, 1.54) is 11.1 Å². The van der Waals surface area contributed by atoms with Crippen LogP contribution in [-0.2, 0) is 6.42 Å². The van der Waals surface area contributed by atoms with Crippen molar-refractivity contribution in [3.63, 3.8) is 0 Å². The van der Waals surface area contributed by atoms with Crippen molar-refractivity contribution in [2.45, 2.75) is 13.3 Å². The molecule has 0 aliphatic rings. The van der Waals surface area contributed by atoms with Crippen LogP contribution in [0.4, 0.5) is 0 Å². The highest BCUT2D eigenvalue weighted by Crippen LogP contribution is 2.03. The maximum absolute atomic E-state index is 5.16. The number of hydrazine groups is 1. The molecular formula is C9H14N2. The van der Waals surface area contributed by atoms with E-state index in [9.17, 15) is 0 Å². The van der Waals surface area contributed by atoms with Gasteiger partial charge in [0.1, 0.15) is 0 Å². The zero-order valence-electron chi connectivity index (χ0n) is 6.80. The molecule has 0 aliphatic heterocycles. The van der Waals surface area contributed by atoms with Crippen molar-refractivity contribution in [2.75, 3.05) is 6.54 Å². The van der Waals surface area contributed by atoms with Crippen LogP contribution in [0.5, 0.6) is 0 Å². The number of nitrogens with one attached hydrogen (secondary N) is 1. The number of rotatable bonds is 3. The molecule has 3 N–H and O–H groups in total. The van der Waals surface area contributed by atoms with E-state index in [1.807, 2.05) is 0 Å². The first-order valence-corrected chi connectivity index (χ1v) is 3.82. The first kappa shape index (κ1) is 8.24. The Morgan fingerprint density at radius 3 is 2.91 bits per heavy atom. The lowest BCUT2D eigenvalue weighted by Crippen LogP contribution is -2.24. The van der Waals surface area contributed by atoms with Crippen molar-refractivity contribution < 1.29 is 0 Å². The molecule has 1 rings (SSSR count). The lowest BCUT2D eigenvalue weighted by atomic mass is 10.1. The van der Waals surface area contributed by atoms with Gasteiger partial charge in [0.25, 0.3) is 0 Å². The summed E-state index contributed by atoms with van der Waals surface area (Å²) in [5.41, 5.74) is 5.28. The summed E-state index contributed by atoms with van der Waals surface area (Å²) in [6.07, 6.45) is 0.998. The van der Waals surface area contributed by atoms with Crippen LogP contribution in [0.25, 0.3) is 0 Å². The highest BCUT2D eigenvalue weighted by atomic mass is 15.2. The van der Waals surface area contributed by atoms with Crippen LogP contribution in [0.1, 0.15) is 11.1 Å². The van der Waals surface area contributed by atoms with E-state index in [1.54, 1.807) is 0 Å². The molecule has 60 valence electrons. The van der Waals surface area contributed by atoms with Gasteiger partial charge < -0.3 is 0 Å². The largest absolute Gasteiger partial charge is 0.271 e. The van der Waals surface area contributed by atoms with Gasteiger partial charge in [-0.2, -0.15) is 0 Å². The summed E-state index contributed by atoms with van der Waals surface area (Å²) < 4.78 is 0. The van der Waals surface area contributed by atoms with Gasteiger partial charge in [0, 0.05) is 6.54 Å². The van der Waals surface area contributed by atoms with Gasteiger partial charge in [-0.1, -0.05) is 29.8 Å². The van der Waals surface area contributed by atoms with Gasteiger partial charge >= 0.3 is 0 Å². The van der Waals surface area contributed by atoms with Crippen LogP contribution in [0.2, 0.25) is 0 Å². The minimum absolute atomic E-state index is 0.837. The van der Waals surface area contributed by atoms with Crippen molar-refractivity contribution in [1.82, 2.24) is 5.43 Å². The Bertz CT molecular complexity index is 221. The third-order valence-electron chi connectivity index (χ3n) is 1.64. The zero-order valence-corrected chi connectivity index (χ0v) is 6.80. The molecule has 1 aromatic rings. The van der Waals surface area contributed by atoms with E-state index in [4.69, 9.17) is 5.84 Å². The van der Waals surface area contributed by atoms with Crippen molar-refractivity contribution in [3.05, 3.63) is 35.4 Å². The maximum Gasteiger partial charge on any atom is 0.0138 e. The fourth-order valence-electron chi connectivity index (χ4n) is 1.08. The quantitative estimate of drug-likeness (QED) is 0.498. The first-order chi connectivity index (χ1) is 5.33. The molecule has 0 spiro atoms. The SMILES string of the molecule is Cc1cccc(CCNN)c1. The molecule has 0 amide bonds. The average molecular weight is 150 g/mol. The second-order valence-electron chi connectivity index (χ2n) is 2.69. The number of benzene rings is 1. The summed E-state index contributed by atoms with van der Waals surface area (Å²) >= 11 is 0. The monoisotopic (exact) mass is 150 g/mol. The zero-order chi connectivity index (χ0) is 8.10. The molecule has 0 heterocycles. The first-order valence-electron chi connectivity index (χ1n) is 3.82. The van der Waals surface area contributed by atoms with Crippen molar-refractivity contribution in [3.8, 4) is 0 Å². The van der Waals surface area contributed by atoms with Crippen LogP contribution in [0.15, 0.2) is 24.3 Å². The van der Waals surface area contributed by atoms with Gasteiger partial charge in [-0.05, 0) is 18.9 Å². The van der Waals surface area contributed by atoms with Gasteiger partial charge in [-0.25, -0.2) is 0 Å². The number of hydrogen-bond donors (Lipinski definition) is 2. The number of aryl methyl sites for hydroxylation is 1. The topological polar surface area (TPSA) is 38.0 Å². The van der Waals surface area contributed by atoms with Crippen LogP contribution < -0.4 is 11.3 Å². The number of hydrogen-bond acceptors (Lipinski definition) is 2. The summed E-state index contributed by atoms with van der Waals surface area (Å²) in [5.74, 6) is 5.16. The molecule has 0 saturated heterocycles. The minimum Gasteiger partial charge on any atom is -0.271 e. The van der Waals surface area contributed by atoms with Crippen molar-refractivity contribution >= 4 is 0 Å². The highest BCUT2D eigenvalue weighted by molar-refractivity contribution is 5.22. The summed E-state index contributed by atoms with van der Waals surface area (Å²) in [4.78, 5) is 0. The van der Waals surface area contributed by atoms with Crippen molar-refractivity contribution in [1.29, 1.82) is 0 Å². The molecule has 0 radical (unpaired) electrons. The summed E-state index contributed by atoms with van der Waals surface area (Å²) in [7, 11) is 0. The Hall–Kier alpha value is -0.860. The molecule has 0 unspecified atom stereocenters. The Labute approximate surface area is 67.4 Å². The molecular weight excluding hydrogens is 136 g/mol. The second-order valence-corrected chi connectivity index (χ2v) is 2.69. The van der Waals surface area contributed by atoms with Crippen molar-refractivity contribution in [2.24, 2.45) is 5.84 Å². The van der Waals surface area contributed by atoms with Crippen LogP contribution in [0.3, 0.4) is 0 Å². The number of nitrogens with two attached hydrogens (primary N) is 1. The molecule has 2 nitrogen and oxygen atoms in total. The Kier molecular flexibility index (Phi) is 3.08. The lowest BCUT2D eigenvalue weighted by Gasteiger charge is -2.00. The Balaban J connectivity index is 2.56. The van der Waals surface area contributed by atoms with E-state index in [0.29, 0.717) is 0 Å². The second kappa shape index (κ2) is 4.11.